The second-order valence-corrected chi connectivity index (χ2v) is 5.41. The van der Waals surface area contributed by atoms with Gasteiger partial charge in [-0.15, -0.1) is 0 Å². The van der Waals surface area contributed by atoms with Gasteiger partial charge < -0.3 is 9.47 Å². The average Bonchev–Trinajstić information content (AvgIpc) is 2.54. The van der Waals surface area contributed by atoms with Gasteiger partial charge in [0.2, 0.25) is 0 Å². The zero-order valence-corrected chi connectivity index (χ0v) is 12.5. The summed E-state index contributed by atoms with van der Waals surface area (Å²) in [5, 5.41) is 0.510. The van der Waals surface area contributed by atoms with Crippen LogP contribution in [-0.2, 0) is 14.3 Å². The quantitative estimate of drug-likeness (QED) is 0.796. The highest BCUT2D eigenvalue weighted by Crippen LogP contribution is 2.41. The number of carbonyl (C=O) groups excluding carboxylic acids is 2. The molecule has 2 aromatic rings. The van der Waals surface area contributed by atoms with Crippen molar-refractivity contribution in [1.82, 2.24) is 0 Å². The fraction of sp³-hybridized carbons (Fsp3) is 0.176. The Labute approximate surface area is 132 Å². The summed E-state index contributed by atoms with van der Waals surface area (Å²) in [6.07, 6.45) is -0.756. The van der Waals surface area contributed by atoms with Crippen LogP contribution < -0.4 is 0 Å². The second-order valence-electron chi connectivity index (χ2n) is 4.97. The van der Waals surface area contributed by atoms with E-state index in [1.54, 1.807) is 48.5 Å². The Hall–Kier alpha value is -2.33. The van der Waals surface area contributed by atoms with Gasteiger partial charge in [0.05, 0.1) is 12.7 Å². The Bertz CT molecular complexity index is 741. The molecule has 0 spiro atoms. The molecule has 3 rings (SSSR count). The smallest absolute Gasteiger partial charge is 0.339 e. The number of rotatable bonds is 2. The maximum absolute atomic E-state index is 12.3. The number of fused-ring (bicyclic) bond motifs is 1. The van der Waals surface area contributed by atoms with E-state index in [1.165, 1.54) is 7.11 Å². The fourth-order valence-corrected chi connectivity index (χ4v) is 2.88. The predicted molar refractivity (Wildman–Crippen MR) is 80.8 cm³/mol. The summed E-state index contributed by atoms with van der Waals surface area (Å²) >= 11 is 6.01. The molecule has 0 fully saturated rings. The van der Waals surface area contributed by atoms with Crippen molar-refractivity contribution in [3.8, 4) is 0 Å². The fourth-order valence-electron chi connectivity index (χ4n) is 2.69. The minimum Gasteiger partial charge on any atom is -0.468 e. The Morgan fingerprint density at radius 2 is 1.95 bits per heavy atom. The minimum absolute atomic E-state index is 0.385. The van der Waals surface area contributed by atoms with Gasteiger partial charge in [-0.2, -0.15) is 0 Å². The van der Waals surface area contributed by atoms with Crippen LogP contribution in [-0.4, -0.2) is 19.0 Å². The lowest BCUT2D eigenvalue weighted by molar-refractivity contribution is -0.146. The van der Waals surface area contributed by atoms with Gasteiger partial charge in [0, 0.05) is 5.02 Å². The minimum atomic E-state index is -0.756. The summed E-state index contributed by atoms with van der Waals surface area (Å²) in [5.74, 6) is -1.62. The average molecular weight is 317 g/mol. The molecule has 0 unspecified atom stereocenters. The standard InChI is InChI=1S/C17H13ClO4/c1-21-17(20)14-12-7-2-3-8-13(12)16(19)22-15(14)10-5-4-6-11(18)9-10/h2-9,14-15H,1H3/t14-,15+/m1/s1. The molecule has 2 atom stereocenters. The molecule has 0 saturated carbocycles. The topological polar surface area (TPSA) is 52.6 Å². The van der Waals surface area contributed by atoms with Gasteiger partial charge in [-0.1, -0.05) is 41.9 Å². The summed E-state index contributed by atoms with van der Waals surface area (Å²) < 4.78 is 10.4. The number of hydrogen-bond donors (Lipinski definition) is 0. The van der Waals surface area contributed by atoms with Gasteiger partial charge in [-0.3, -0.25) is 4.79 Å². The van der Waals surface area contributed by atoms with E-state index in [9.17, 15) is 9.59 Å². The third-order valence-corrected chi connectivity index (χ3v) is 3.92. The number of esters is 2. The summed E-state index contributed by atoms with van der Waals surface area (Å²) in [6.45, 7) is 0. The molecule has 4 nitrogen and oxygen atoms in total. The van der Waals surface area contributed by atoms with E-state index >= 15 is 0 Å². The molecule has 2 aromatic carbocycles. The molecule has 0 amide bonds. The van der Waals surface area contributed by atoms with Crippen LogP contribution in [0.3, 0.4) is 0 Å². The first kappa shape index (κ1) is 14.6. The molecule has 22 heavy (non-hydrogen) atoms. The van der Waals surface area contributed by atoms with Crippen LogP contribution in [0.15, 0.2) is 48.5 Å². The zero-order chi connectivity index (χ0) is 15.7. The summed E-state index contributed by atoms with van der Waals surface area (Å²) in [4.78, 5) is 24.5. The molecule has 0 saturated heterocycles. The molecule has 0 N–H and O–H groups in total. The number of ether oxygens (including phenoxy) is 2. The monoisotopic (exact) mass is 316 g/mol. The van der Waals surface area contributed by atoms with E-state index in [-0.39, 0.29) is 0 Å². The maximum atomic E-state index is 12.3. The zero-order valence-electron chi connectivity index (χ0n) is 11.8. The van der Waals surface area contributed by atoms with Crippen molar-refractivity contribution >= 4 is 23.5 Å². The van der Waals surface area contributed by atoms with Crippen molar-refractivity contribution in [2.75, 3.05) is 7.11 Å². The van der Waals surface area contributed by atoms with Crippen molar-refractivity contribution in [3.05, 3.63) is 70.2 Å². The largest absolute Gasteiger partial charge is 0.468 e. The molecule has 112 valence electrons. The Balaban J connectivity index is 2.14. The third kappa shape index (κ3) is 2.46. The van der Waals surface area contributed by atoms with Crippen molar-refractivity contribution < 1.29 is 19.1 Å². The van der Waals surface area contributed by atoms with Crippen LogP contribution in [0.4, 0.5) is 0 Å². The van der Waals surface area contributed by atoms with Crippen LogP contribution in [0.25, 0.3) is 0 Å². The van der Waals surface area contributed by atoms with Gasteiger partial charge in [-0.05, 0) is 29.3 Å². The van der Waals surface area contributed by atoms with Crippen LogP contribution in [0, 0.1) is 0 Å². The van der Waals surface area contributed by atoms with E-state index < -0.39 is 24.0 Å². The van der Waals surface area contributed by atoms with Crippen LogP contribution in [0.5, 0.6) is 0 Å². The SMILES string of the molecule is COC(=O)[C@@H]1c2ccccc2C(=O)O[C@H]1c1cccc(Cl)c1. The van der Waals surface area contributed by atoms with E-state index in [0.29, 0.717) is 21.7 Å². The number of benzene rings is 2. The third-order valence-electron chi connectivity index (χ3n) is 3.68. The van der Waals surface area contributed by atoms with E-state index in [0.717, 1.165) is 0 Å². The first-order valence-electron chi connectivity index (χ1n) is 6.75. The lowest BCUT2D eigenvalue weighted by Gasteiger charge is -2.31. The number of cyclic esters (lactones) is 1. The molecule has 1 aliphatic heterocycles. The van der Waals surface area contributed by atoms with E-state index in [4.69, 9.17) is 21.1 Å². The summed E-state index contributed by atoms with van der Waals surface area (Å²) in [5.41, 5.74) is 1.65. The summed E-state index contributed by atoms with van der Waals surface area (Å²) in [7, 11) is 1.32. The summed E-state index contributed by atoms with van der Waals surface area (Å²) in [6, 6.07) is 13.8. The van der Waals surface area contributed by atoms with Gasteiger partial charge >= 0.3 is 11.9 Å². The Morgan fingerprint density at radius 3 is 2.68 bits per heavy atom. The normalized spacial score (nSPS) is 20.0. The van der Waals surface area contributed by atoms with Gasteiger partial charge in [-0.25, -0.2) is 4.79 Å². The molecule has 0 aliphatic carbocycles. The second kappa shape index (κ2) is 5.81. The van der Waals surface area contributed by atoms with Gasteiger partial charge in [0.1, 0.15) is 12.0 Å². The molecule has 5 heteroatoms. The molecule has 0 radical (unpaired) electrons. The van der Waals surface area contributed by atoms with Crippen LogP contribution in [0.1, 0.15) is 33.5 Å². The Kier molecular flexibility index (Phi) is 3.86. The number of carbonyl (C=O) groups is 2. The predicted octanol–water partition coefficient (Wildman–Crippen LogP) is 3.51. The first-order chi connectivity index (χ1) is 10.6. The van der Waals surface area contributed by atoms with Crippen molar-refractivity contribution in [3.63, 3.8) is 0 Å². The maximum Gasteiger partial charge on any atom is 0.339 e. The molecule has 1 aliphatic rings. The first-order valence-corrected chi connectivity index (χ1v) is 7.13. The molecular formula is C17H13ClO4. The highest BCUT2D eigenvalue weighted by molar-refractivity contribution is 6.30. The van der Waals surface area contributed by atoms with Crippen molar-refractivity contribution in [1.29, 1.82) is 0 Å². The van der Waals surface area contributed by atoms with E-state index in [1.807, 2.05) is 0 Å². The lowest BCUT2D eigenvalue weighted by atomic mass is 9.84. The molecule has 0 bridgehead atoms. The lowest BCUT2D eigenvalue weighted by Crippen LogP contribution is -2.31. The van der Waals surface area contributed by atoms with E-state index in [2.05, 4.69) is 0 Å². The molecular weight excluding hydrogens is 304 g/mol. The molecule has 1 heterocycles. The van der Waals surface area contributed by atoms with Gasteiger partial charge in [0.15, 0.2) is 0 Å². The van der Waals surface area contributed by atoms with Crippen LogP contribution >= 0.6 is 11.6 Å². The Morgan fingerprint density at radius 1 is 1.18 bits per heavy atom. The molecule has 0 aromatic heterocycles. The highest BCUT2D eigenvalue weighted by atomic mass is 35.5. The van der Waals surface area contributed by atoms with Crippen LogP contribution in [0.2, 0.25) is 5.02 Å². The van der Waals surface area contributed by atoms with Crippen molar-refractivity contribution in [2.24, 2.45) is 0 Å². The number of methoxy groups -OCH3 is 1. The van der Waals surface area contributed by atoms with Crippen molar-refractivity contribution in [2.45, 2.75) is 12.0 Å². The number of halogens is 1. The highest BCUT2D eigenvalue weighted by Gasteiger charge is 2.41. The van der Waals surface area contributed by atoms with Gasteiger partial charge in [0.25, 0.3) is 0 Å². The number of hydrogen-bond acceptors (Lipinski definition) is 4.